The molecule has 72 valence electrons. The Bertz CT molecular complexity index is 309. The lowest BCUT2D eigenvalue weighted by molar-refractivity contribution is -0.137. The summed E-state index contributed by atoms with van der Waals surface area (Å²) in [6, 6.07) is 1.27. The van der Waals surface area contributed by atoms with Crippen molar-refractivity contribution in [2.24, 2.45) is 5.73 Å². The average molecular weight is 285 g/mol. The van der Waals surface area contributed by atoms with E-state index < -0.39 is 12.0 Å². The summed E-state index contributed by atoms with van der Waals surface area (Å²) in [6.07, 6.45) is -0.0801. The molecular weight excluding hydrogens is 278 g/mol. The smallest absolute Gasteiger partial charge is 0.305 e. The van der Waals surface area contributed by atoms with Gasteiger partial charge in [-0.1, -0.05) is 11.6 Å². The molecule has 0 saturated heterocycles. The Hall–Kier alpha value is -0.100. The number of nitrogens with two attached hydrogens (primary N) is 1. The van der Waals surface area contributed by atoms with Crippen LogP contribution in [0.15, 0.2) is 10.5 Å². The SMILES string of the molecule is N[C@H](CC(=O)O)c1cc(Br)c(Cl)s1. The van der Waals surface area contributed by atoms with Crippen molar-refractivity contribution >= 4 is 44.8 Å². The van der Waals surface area contributed by atoms with Crippen LogP contribution in [0.3, 0.4) is 0 Å². The van der Waals surface area contributed by atoms with Crippen LogP contribution in [0.4, 0.5) is 0 Å². The maximum Gasteiger partial charge on any atom is 0.305 e. The minimum atomic E-state index is -0.909. The van der Waals surface area contributed by atoms with Gasteiger partial charge in [0.05, 0.1) is 6.42 Å². The van der Waals surface area contributed by atoms with Crippen molar-refractivity contribution in [3.8, 4) is 0 Å². The molecule has 0 amide bonds. The second kappa shape index (κ2) is 4.41. The van der Waals surface area contributed by atoms with Crippen LogP contribution in [-0.2, 0) is 4.79 Å². The minimum absolute atomic E-state index is 0.0801. The molecule has 3 nitrogen and oxygen atoms in total. The fourth-order valence-corrected chi connectivity index (χ4v) is 2.57. The molecule has 3 N–H and O–H groups in total. The van der Waals surface area contributed by atoms with E-state index in [1.807, 2.05) is 0 Å². The van der Waals surface area contributed by atoms with Crippen molar-refractivity contribution < 1.29 is 9.90 Å². The number of hydrogen-bond donors (Lipinski definition) is 2. The summed E-state index contributed by atoms with van der Waals surface area (Å²) in [7, 11) is 0. The fraction of sp³-hybridized carbons (Fsp3) is 0.286. The maximum atomic E-state index is 10.4. The predicted molar refractivity (Wildman–Crippen MR) is 56.2 cm³/mol. The molecule has 0 spiro atoms. The molecule has 1 atom stereocenters. The van der Waals surface area contributed by atoms with E-state index >= 15 is 0 Å². The van der Waals surface area contributed by atoms with E-state index in [4.69, 9.17) is 22.4 Å². The number of carboxylic acids is 1. The third-order valence-corrected chi connectivity index (χ3v) is 4.03. The van der Waals surface area contributed by atoms with E-state index in [2.05, 4.69) is 15.9 Å². The lowest BCUT2D eigenvalue weighted by Crippen LogP contribution is -2.13. The molecule has 0 aliphatic rings. The zero-order valence-electron chi connectivity index (χ0n) is 6.46. The first-order chi connectivity index (χ1) is 6.00. The molecular formula is C7H7BrClNO2S. The van der Waals surface area contributed by atoms with Crippen LogP contribution in [0.1, 0.15) is 17.3 Å². The number of aliphatic carboxylic acids is 1. The quantitative estimate of drug-likeness (QED) is 0.897. The summed E-state index contributed by atoms with van der Waals surface area (Å²) in [4.78, 5) is 11.1. The molecule has 1 heterocycles. The Morgan fingerprint density at radius 2 is 2.46 bits per heavy atom. The molecule has 0 unspecified atom stereocenters. The molecule has 0 fully saturated rings. The topological polar surface area (TPSA) is 63.3 Å². The summed E-state index contributed by atoms with van der Waals surface area (Å²) in [5.41, 5.74) is 5.63. The van der Waals surface area contributed by atoms with Crippen molar-refractivity contribution in [3.63, 3.8) is 0 Å². The number of hydrogen-bond acceptors (Lipinski definition) is 3. The standard InChI is InChI=1S/C7H7BrClNO2S/c8-3-1-5(13-7(3)9)4(10)2-6(11)12/h1,4H,2,10H2,(H,11,12)/t4-/m1/s1. The molecule has 1 aromatic heterocycles. The van der Waals surface area contributed by atoms with E-state index in [-0.39, 0.29) is 6.42 Å². The largest absolute Gasteiger partial charge is 0.481 e. The van der Waals surface area contributed by atoms with Crippen LogP contribution < -0.4 is 5.73 Å². The molecule has 0 radical (unpaired) electrons. The van der Waals surface area contributed by atoms with Crippen molar-refractivity contribution in [1.82, 2.24) is 0 Å². The Morgan fingerprint density at radius 3 is 2.85 bits per heavy atom. The van der Waals surface area contributed by atoms with E-state index in [0.717, 1.165) is 9.35 Å². The van der Waals surface area contributed by atoms with Gasteiger partial charge in [0.25, 0.3) is 0 Å². The summed E-state index contributed by atoms with van der Waals surface area (Å²) in [6.45, 7) is 0. The highest BCUT2D eigenvalue weighted by atomic mass is 79.9. The number of carboxylic acid groups (broad SMARTS) is 1. The van der Waals surface area contributed by atoms with Crippen LogP contribution in [0, 0.1) is 0 Å². The molecule has 13 heavy (non-hydrogen) atoms. The normalized spacial score (nSPS) is 12.8. The fourth-order valence-electron chi connectivity index (χ4n) is 0.835. The third kappa shape index (κ3) is 2.95. The van der Waals surface area contributed by atoms with Gasteiger partial charge in [0, 0.05) is 15.4 Å². The molecule has 1 aromatic rings. The molecule has 0 aromatic carbocycles. The minimum Gasteiger partial charge on any atom is -0.481 e. The third-order valence-electron chi connectivity index (χ3n) is 1.42. The zero-order valence-corrected chi connectivity index (χ0v) is 9.62. The Kier molecular flexibility index (Phi) is 3.73. The monoisotopic (exact) mass is 283 g/mol. The van der Waals surface area contributed by atoms with Gasteiger partial charge in [-0.2, -0.15) is 0 Å². The summed E-state index contributed by atoms with van der Waals surface area (Å²) in [5.74, 6) is -0.909. The van der Waals surface area contributed by atoms with Crippen molar-refractivity contribution in [1.29, 1.82) is 0 Å². The van der Waals surface area contributed by atoms with Crippen molar-refractivity contribution in [2.75, 3.05) is 0 Å². The second-order valence-corrected chi connectivity index (χ2v) is 5.01. The van der Waals surface area contributed by atoms with E-state index in [0.29, 0.717) is 4.34 Å². The van der Waals surface area contributed by atoms with E-state index in [1.165, 1.54) is 11.3 Å². The highest BCUT2D eigenvalue weighted by Crippen LogP contribution is 2.35. The Balaban J connectivity index is 2.77. The molecule has 1 rings (SSSR count). The van der Waals surface area contributed by atoms with Gasteiger partial charge >= 0.3 is 5.97 Å². The molecule has 0 aliphatic carbocycles. The van der Waals surface area contributed by atoms with Crippen LogP contribution in [0.25, 0.3) is 0 Å². The van der Waals surface area contributed by atoms with Crippen LogP contribution >= 0.6 is 38.9 Å². The summed E-state index contributed by atoms with van der Waals surface area (Å²) < 4.78 is 1.35. The van der Waals surface area contributed by atoms with Gasteiger partial charge in [-0.3, -0.25) is 4.79 Å². The van der Waals surface area contributed by atoms with Crippen molar-refractivity contribution in [2.45, 2.75) is 12.5 Å². The van der Waals surface area contributed by atoms with Gasteiger partial charge in [-0.05, 0) is 22.0 Å². The van der Waals surface area contributed by atoms with Gasteiger partial charge < -0.3 is 10.8 Å². The Morgan fingerprint density at radius 1 is 1.85 bits per heavy atom. The number of rotatable bonds is 3. The van der Waals surface area contributed by atoms with E-state index in [1.54, 1.807) is 6.07 Å². The lowest BCUT2D eigenvalue weighted by atomic mass is 10.2. The number of thiophene rings is 1. The van der Waals surface area contributed by atoms with Gasteiger partial charge in [0.15, 0.2) is 0 Å². The van der Waals surface area contributed by atoms with Gasteiger partial charge in [-0.25, -0.2) is 0 Å². The highest BCUT2D eigenvalue weighted by Gasteiger charge is 2.14. The first kappa shape index (κ1) is 11.0. The highest BCUT2D eigenvalue weighted by molar-refractivity contribution is 9.10. The zero-order chi connectivity index (χ0) is 10.0. The molecule has 0 saturated carbocycles. The maximum absolute atomic E-state index is 10.4. The molecule has 0 aliphatic heterocycles. The van der Waals surface area contributed by atoms with Gasteiger partial charge in [0.2, 0.25) is 0 Å². The lowest BCUT2D eigenvalue weighted by Gasteiger charge is -2.04. The van der Waals surface area contributed by atoms with E-state index in [9.17, 15) is 4.79 Å². The van der Waals surface area contributed by atoms with Crippen LogP contribution in [0.2, 0.25) is 4.34 Å². The number of carbonyl (C=O) groups is 1. The van der Waals surface area contributed by atoms with Crippen LogP contribution in [-0.4, -0.2) is 11.1 Å². The first-order valence-corrected chi connectivity index (χ1v) is 5.41. The average Bonchev–Trinajstić information content (AvgIpc) is 2.31. The number of halogens is 2. The second-order valence-electron chi connectivity index (χ2n) is 2.47. The Labute approximate surface area is 92.6 Å². The molecule has 6 heteroatoms. The van der Waals surface area contributed by atoms with Gasteiger partial charge in [-0.15, -0.1) is 11.3 Å². The summed E-state index contributed by atoms with van der Waals surface area (Å²) >= 11 is 10.3. The molecule has 0 bridgehead atoms. The van der Waals surface area contributed by atoms with Crippen molar-refractivity contribution in [3.05, 3.63) is 19.8 Å². The predicted octanol–water partition coefficient (Wildman–Crippen LogP) is 2.64. The van der Waals surface area contributed by atoms with Gasteiger partial charge in [0.1, 0.15) is 4.34 Å². The summed E-state index contributed by atoms with van der Waals surface area (Å²) in [5, 5.41) is 8.50. The van der Waals surface area contributed by atoms with Crippen LogP contribution in [0.5, 0.6) is 0 Å². The first-order valence-electron chi connectivity index (χ1n) is 3.43.